The molecule has 1 amide bonds. The van der Waals surface area contributed by atoms with Crippen LogP contribution in [0.15, 0.2) is 54.7 Å². The maximum atomic E-state index is 12.7. The van der Waals surface area contributed by atoms with Crippen LogP contribution in [-0.2, 0) is 4.79 Å². The number of nitrogens with zero attached hydrogens (tertiary/aromatic N) is 2. The second-order valence-electron chi connectivity index (χ2n) is 6.01. The van der Waals surface area contributed by atoms with Gasteiger partial charge in [-0.1, -0.05) is 12.1 Å². The molecule has 0 radical (unpaired) electrons. The zero-order valence-corrected chi connectivity index (χ0v) is 14.8. The number of nitrogens with one attached hydrogen (secondary N) is 1. The normalized spacial score (nSPS) is 10.4. The second-order valence-corrected chi connectivity index (χ2v) is 6.01. The minimum atomic E-state index is -0.495. The van der Waals surface area contributed by atoms with E-state index in [9.17, 15) is 9.59 Å². The van der Waals surface area contributed by atoms with Gasteiger partial charge in [0.25, 0.3) is 5.91 Å². The molecule has 1 N–H and O–H groups in total. The van der Waals surface area contributed by atoms with Crippen molar-refractivity contribution in [1.29, 1.82) is 0 Å². The summed E-state index contributed by atoms with van der Waals surface area (Å²) in [6, 6.07) is 14.6. The highest BCUT2D eigenvalue weighted by Crippen LogP contribution is 2.29. The number of amides is 1. The summed E-state index contributed by atoms with van der Waals surface area (Å²) >= 11 is 0. The highest BCUT2D eigenvalue weighted by atomic mass is 16.5. The molecule has 0 unspecified atom stereocenters. The van der Waals surface area contributed by atoms with Gasteiger partial charge in [0.15, 0.2) is 5.75 Å². The van der Waals surface area contributed by atoms with Crippen molar-refractivity contribution in [3.63, 3.8) is 0 Å². The Bertz CT molecular complexity index is 966. The van der Waals surface area contributed by atoms with Gasteiger partial charge >= 0.3 is 5.97 Å². The molecular formula is C20H19N3O3. The number of hydrogen-bond acceptors (Lipinski definition) is 5. The van der Waals surface area contributed by atoms with E-state index in [1.54, 1.807) is 18.2 Å². The zero-order valence-electron chi connectivity index (χ0n) is 14.8. The number of para-hydroxylation sites is 1. The zero-order chi connectivity index (χ0) is 18.7. The number of benzene rings is 2. The van der Waals surface area contributed by atoms with Gasteiger partial charge in [-0.25, -0.2) is 0 Å². The molecule has 1 heterocycles. The van der Waals surface area contributed by atoms with Crippen LogP contribution >= 0.6 is 0 Å². The summed E-state index contributed by atoms with van der Waals surface area (Å²) in [5.41, 5.74) is 2.52. The summed E-state index contributed by atoms with van der Waals surface area (Å²) in [5, 5.41) is 3.42. The Kier molecular flexibility index (Phi) is 4.84. The number of carbonyl (C=O) groups is 2. The Morgan fingerprint density at radius 2 is 1.73 bits per heavy atom. The molecule has 0 atom stereocenters. The lowest BCUT2D eigenvalue weighted by atomic mass is 10.1. The van der Waals surface area contributed by atoms with Crippen molar-refractivity contribution in [1.82, 2.24) is 4.98 Å². The summed E-state index contributed by atoms with van der Waals surface area (Å²) in [6.45, 7) is 1.30. The van der Waals surface area contributed by atoms with Gasteiger partial charge in [-0.05, 0) is 36.4 Å². The molecule has 0 aliphatic heterocycles. The van der Waals surface area contributed by atoms with Gasteiger partial charge < -0.3 is 15.0 Å². The third-order valence-electron chi connectivity index (χ3n) is 3.86. The number of pyridine rings is 1. The van der Waals surface area contributed by atoms with Gasteiger partial charge in [0, 0.05) is 44.0 Å². The Labute approximate surface area is 151 Å². The molecule has 6 nitrogen and oxygen atoms in total. The molecule has 0 aliphatic carbocycles. The van der Waals surface area contributed by atoms with Crippen LogP contribution in [0.4, 0.5) is 11.4 Å². The SMILES string of the molecule is CC(=O)Oc1c(C(=O)Nc2ccc(N(C)C)cc2)cnc2ccccc12. The quantitative estimate of drug-likeness (QED) is 0.730. The highest BCUT2D eigenvalue weighted by Gasteiger charge is 2.18. The van der Waals surface area contributed by atoms with E-state index in [-0.39, 0.29) is 11.3 Å². The van der Waals surface area contributed by atoms with Crippen LogP contribution in [0, 0.1) is 0 Å². The molecule has 0 saturated heterocycles. The van der Waals surface area contributed by atoms with Crippen molar-refractivity contribution in [2.75, 3.05) is 24.3 Å². The average molecular weight is 349 g/mol. The fraction of sp³-hybridized carbons (Fsp3) is 0.150. The predicted octanol–water partition coefficient (Wildman–Crippen LogP) is 3.48. The number of esters is 1. The number of ether oxygens (including phenoxy) is 1. The maximum Gasteiger partial charge on any atom is 0.308 e. The largest absolute Gasteiger partial charge is 0.425 e. The van der Waals surface area contributed by atoms with Crippen molar-refractivity contribution < 1.29 is 14.3 Å². The summed E-state index contributed by atoms with van der Waals surface area (Å²) in [6.07, 6.45) is 1.42. The first kappa shape index (κ1) is 17.4. The molecule has 3 rings (SSSR count). The van der Waals surface area contributed by atoms with E-state index in [1.807, 2.05) is 49.3 Å². The molecule has 132 valence electrons. The van der Waals surface area contributed by atoms with Gasteiger partial charge in [0.05, 0.1) is 5.52 Å². The third-order valence-corrected chi connectivity index (χ3v) is 3.86. The number of hydrogen-bond donors (Lipinski definition) is 1. The second kappa shape index (κ2) is 7.23. The molecule has 3 aromatic rings. The Morgan fingerprint density at radius 1 is 1.04 bits per heavy atom. The van der Waals surface area contributed by atoms with Crippen LogP contribution in [0.2, 0.25) is 0 Å². The number of carbonyl (C=O) groups excluding carboxylic acids is 2. The lowest BCUT2D eigenvalue weighted by molar-refractivity contribution is -0.131. The first-order valence-electron chi connectivity index (χ1n) is 8.10. The number of aromatic nitrogens is 1. The molecule has 6 heteroatoms. The van der Waals surface area contributed by atoms with Gasteiger partial charge in [-0.2, -0.15) is 0 Å². The topological polar surface area (TPSA) is 71.5 Å². The highest BCUT2D eigenvalue weighted by molar-refractivity contribution is 6.09. The molecule has 26 heavy (non-hydrogen) atoms. The van der Waals surface area contributed by atoms with E-state index in [4.69, 9.17) is 4.74 Å². The van der Waals surface area contributed by atoms with Crippen LogP contribution in [0.5, 0.6) is 5.75 Å². The van der Waals surface area contributed by atoms with Crippen LogP contribution in [0.3, 0.4) is 0 Å². The third kappa shape index (κ3) is 3.64. The van der Waals surface area contributed by atoms with Gasteiger partial charge in [0.1, 0.15) is 5.56 Å². The molecule has 2 aromatic carbocycles. The molecular weight excluding hydrogens is 330 g/mol. The molecule has 1 aromatic heterocycles. The van der Waals surface area contributed by atoms with Gasteiger partial charge in [0.2, 0.25) is 0 Å². The van der Waals surface area contributed by atoms with Crippen molar-refractivity contribution >= 4 is 34.2 Å². The van der Waals surface area contributed by atoms with Crippen molar-refractivity contribution in [3.05, 3.63) is 60.3 Å². The van der Waals surface area contributed by atoms with E-state index in [2.05, 4.69) is 10.3 Å². The number of fused-ring (bicyclic) bond motifs is 1. The predicted molar refractivity (Wildman–Crippen MR) is 102 cm³/mol. The van der Waals surface area contributed by atoms with Crippen LogP contribution < -0.4 is 15.0 Å². The molecule has 0 spiro atoms. The van der Waals surface area contributed by atoms with Crippen LogP contribution in [0.1, 0.15) is 17.3 Å². The van der Waals surface area contributed by atoms with Crippen molar-refractivity contribution in [2.45, 2.75) is 6.92 Å². The fourth-order valence-corrected chi connectivity index (χ4v) is 2.57. The standard InChI is InChI=1S/C20H19N3O3/c1-13(24)26-19-16-6-4-5-7-18(16)21-12-17(19)20(25)22-14-8-10-15(11-9-14)23(2)3/h4-12H,1-3H3,(H,22,25). The first-order chi connectivity index (χ1) is 12.5. The molecule has 0 fully saturated rings. The van der Waals surface area contributed by atoms with Gasteiger partial charge in [-0.3, -0.25) is 14.6 Å². The minimum absolute atomic E-state index is 0.204. The lowest BCUT2D eigenvalue weighted by Gasteiger charge is -2.14. The maximum absolute atomic E-state index is 12.7. The number of anilines is 2. The molecule has 0 aliphatic rings. The summed E-state index contributed by atoms with van der Waals surface area (Å²) in [4.78, 5) is 30.5. The van der Waals surface area contributed by atoms with E-state index in [0.29, 0.717) is 16.6 Å². The van der Waals surface area contributed by atoms with Crippen molar-refractivity contribution in [2.24, 2.45) is 0 Å². The Morgan fingerprint density at radius 3 is 2.38 bits per heavy atom. The number of rotatable bonds is 4. The van der Waals surface area contributed by atoms with E-state index < -0.39 is 11.9 Å². The van der Waals surface area contributed by atoms with Crippen molar-refractivity contribution in [3.8, 4) is 5.75 Å². The van der Waals surface area contributed by atoms with Crippen LogP contribution in [-0.4, -0.2) is 31.0 Å². The lowest BCUT2D eigenvalue weighted by Crippen LogP contribution is -2.16. The Balaban J connectivity index is 1.95. The Hall–Kier alpha value is -3.41. The van der Waals surface area contributed by atoms with E-state index in [0.717, 1.165) is 5.69 Å². The minimum Gasteiger partial charge on any atom is -0.425 e. The summed E-state index contributed by atoms with van der Waals surface area (Å²) < 4.78 is 5.32. The first-order valence-corrected chi connectivity index (χ1v) is 8.10. The van der Waals surface area contributed by atoms with E-state index >= 15 is 0 Å². The average Bonchev–Trinajstić information content (AvgIpc) is 2.62. The molecule has 0 saturated carbocycles. The van der Waals surface area contributed by atoms with E-state index in [1.165, 1.54) is 13.1 Å². The monoisotopic (exact) mass is 349 g/mol. The van der Waals surface area contributed by atoms with Crippen LogP contribution in [0.25, 0.3) is 10.9 Å². The smallest absolute Gasteiger partial charge is 0.308 e. The summed E-state index contributed by atoms with van der Waals surface area (Å²) in [7, 11) is 3.89. The van der Waals surface area contributed by atoms with Gasteiger partial charge in [-0.15, -0.1) is 0 Å². The fourth-order valence-electron chi connectivity index (χ4n) is 2.57. The molecule has 0 bridgehead atoms. The summed E-state index contributed by atoms with van der Waals surface area (Å²) in [5.74, 6) is -0.673.